The summed E-state index contributed by atoms with van der Waals surface area (Å²) in [7, 11) is 0. The van der Waals surface area contributed by atoms with Crippen LogP contribution >= 0.6 is 11.3 Å². The van der Waals surface area contributed by atoms with E-state index in [1.807, 2.05) is 66.6 Å². The maximum atomic E-state index is 13.6. The van der Waals surface area contributed by atoms with Crippen LogP contribution in [-0.4, -0.2) is 34.3 Å². The number of nitrogens with zero attached hydrogens (tertiary/aromatic N) is 2. The zero-order valence-electron chi connectivity index (χ0n) is 22.3. The molecule has 0 unspecified atom stereocenters. The molecular weight excluding hydrogens is 466 g/mol. The van der Waals surface area contributed by atoms with Crippen molar-refractivity contribution in [3.63, 3.8) is 0 Å². The summed E-state index contributed by atoms with van der Waals surface area (Å²) < 4.78 is 0. The zero-order valence-corrected chi connectivity index (χ0v) is 23.1. The average molecular weight is 506 g/mol. The van der Waals surface area contributed by atoms with Gasteiger partial charge in [-0.1, -0.05) is 82.3 Å². The smallest absolute Gasteiger partial charge is 0.322 e. The van der Waals surface area contributed by atoms with E-state index in [4.69, 9.17) is 0 Å². The number of carbonyl (C=O) groups is 2. The van der Waals surface area contributed by atoms with Crippen LogP contribution in [0.15, 0.2) is 66.0 Å². The number of anilines is 1. The molecule has 0 radical (unpaired) electrons. The van der Waals surface area contributed by atoms with Gasteiger partial charge in [0, 0.05) is 23.2 Å². The molecule has 0 spiro atoms. The minimum atomic E-state index is -0.246. The second-order valence-corrected chi connectivity index (χ2v) is 11.1. The van der Waals surface area contributed by atoms with Crippen molar-refractivity contribution in [2.75, 3.05) is 11.9 Å². The van der Waals surface area contributed by atoms with Gasteiger partial charge in [0.1, 0.15) is 6.54 Å². The molecule has 1 aromatic heterocycles. The zero-order chi connectivity index (χ0) is 26.2. The number of thiophene rings is 1. The van der Waals surface area contributed by atoms with Crippen LogP contribution in [0.4, 0.5) is 10.5 Å². The first kappa shape index (κ1) is 27.5. The minimum Gasteiger partial charge on any atom is -0.332 e. The largest absolute Gasteiger partial charge is 0.332 e. The normalized spacial score (nSPS) is 11.2. The van der Waals surface area contributed by atoms with Gasteiger partial charge >= 0.3 is 6.03 Å². The molecule has 36 heavy (non-hydrogen) atoms. The van der Waals surface area contributed by atoms with Gasteiger partial charge in [-0.05, 0) is 53.8 Å². The molecule has 0 atom stereocenters. The van der Waals surface area contributed by atoms with Crippen molar-refractivity contribution in [2.45, 2.75) is 72.5 Å². The lowest BCUT2D eigenvalue weighted by atomic mass is 9.93. The molecule has 0 bridgehead atoms. The van der Waals surface area contributed by atoms with Crippen LogP contribution in [0.5, 0.6) is 0 Å². The van der Waals surface area contributed by atoms with Crippen LogP contribution in [0.1, 0.15) is 74.9 Å². The molecule has 1 N–H and O–H groups in total. The van der Waals surface area contributed by atoms with Crippen molar-refractivity contribution in [1.82, 2.24) is 9.80 Å². The summed E-state index contributed by atoms with van der Waals surface area (Å²) in [5, 5.41) is 5.20. The van der Waals surface area contributed by atoms with Crippen LogP contribution in [0.25, 0.3) is 0 Å². The molecule has 0 fully saturated rings. The third-order valence-electron chi connectivity index (χ3n) is 6.29. The number of nitrogens with one attached hydrogen (secondary N) is 1. The van der Waals surface area contributed by atoms with Crippen LogP contribution in [0, 0.1) is 0 Å². The van der Waals surface area contributed by atoms with E-state index >= 15 is 0 Å². The fourth-order valence-corrected chi connectivity index (χ4v) is 4.95. The van der Waals surface area contributed by atoms with Crippen LogP contribution < -0.4 is 5.32 Å². The first-order chi connectivity index (χ1) is 17.2. The van der Waals surface area contributed by atoms with Gasteiger partial charge in [0.15, 0.2) is 0 Å². The van der Waals surface area contributed by atoms with Crippen molar-refractivity contribution in [3.05, 3.63) is 87.6 Å². The number of hydrogen-bond donors (Lipinski definition) is 1. The minimum absolute atomic E-state index is 0.0164. The van der Waals surface area contributed by atoms with Crippen molar-refractivity contribution in [1.29, 1.82) is 0 Å². The molecule has 5 nitrogen and oxygen atoms in total. The fourth-order valence-electron chi connectivity index (χ4n) is 4.24. The molecule has 3 aromatic rings. The average Bonchev–Trinajstić information content (AvgIpc) is 3.35. The Morgan fingerprint density at radius 2 is 1.44 bits per heavy atom. The molecule has 0 aliphatic rings. The highest BCUT2D eigenvalue weighted by Crippen LogP contribution is 2.32. The van der Waals surface area contributed by atoms with E-state index in [9.17, 15) is 9.59 Å². The third kappa shape index (κ3) is 7.20. The molecule has 3 amide bonds. The van der Waals surface area contributed by atoms with Crippen molar-refractivity contribution >= 4 is 29.0 Å². The standard InChI is InChI=1S/C30H39N3O2S/c1-21(2)26-15-10-16-27(22(3)4)29(26)31-30(35)33(23(5)6)20-28(34)32(19-25-14-11-17-36-25)18-24-12-8-7-9-13-24/h7-17,21-23H,18-20H2,1-6H3,(H,31,35). The van der Waals surface area contributed by atoms with Gasteiger partial charge in [-0.25, -0.2) is 4.79 Å². The molecule has 0 aliphatic carbocycles. The van der Waals surface area contributed by atoms with E-state index in [0.29, 0.717) is 13.1 Å². The summed E-state index contributed by atoms with van der Waals surface area (Å²) in [5.74, 6) is 0.456. The summed E-state index contributed by atoms with van der Waals surface area (Å²) in [5.41, 5.74) is 4.14. The summed E-state index contributed by atoms with van der Waals surface area (Å²) in [6.07, 6.45) is 0. The molecule has 6 heteroatoms. The van der Waals surface area contributed by atoms with E-state index in [1.165, 1.54) is 0 Å². The number of para-hydroxylation sites is 1. The first-order valence-electron chi connectivity index (χ1n) is 12.7. The quantitative estimate of drug-likeness (QED) is 0.311. The highest BCUT2D eigenvalue weighted by Gasteiger charge is 2.26. The first-order valence-corrected chi connectivity index (χ1v) is 13.6. The van der Waals surface area contributed by atoms with Crippen LogP contribution in [0.2, 0.25) is 0 Å². The number of carbonyl (C=O) groups excluding carboxylic acids is 2. The number of rotatable bonds is 10. The van der Waals surface area contributed by atoms with E-state index < -0.39 is 0 Å². The maximum Gasteiger partial charge on any atom is 0.322 e. The number of urea groups is 1. The maximum absolute atomic E-state index is 13.6. The van der Waals surface area contributed by atoms with Crippen LogP contribution in [-0.2, 0) is 17.9 Å². The summed E-state index contributed by atoms with van der Waals surface area (Å²) in [6.45, 7) is 13.5. The summed E-state index contributed by atoms with van der Waals surface area (Å²) >= 11 is 1.63. The Bertz CT molecular complexity index is 1100. The highest BCUT2D eigenvalue weighted by atomic mass is 32.1. The number of hydrogen-bond acceptors (Lipinski definition) is 3. The molecule has 3 rings (SSSR count). The Hall–Kier alpha value is -3.12. The van der Waals surface area contributed by atoms with E-state index in [-0.39, 0.29) is 36.4 Å². The molecule has 0 saturated heterocycles. The van der Waals surface area contributed by atoms with Crippen molar-refractivity contribution in [2.24, 2.45) is 0 Å². The van der Waals surface area contributed by atoms with Gasteiger partial charge < -0.3 is 15.1 Å². The Kier molecular flexibility index (Phi) is 9.71. The Balaban J connectivity index is 1.83. The molecular formula is C30H39N3O2S. The SMILES string of the molecule is CC(C)c1cccc(C(C)C)c1NC(=O)N(CC(=O)N(Cc1ccccc1)Cc1cccs1)C(C)C. The Morgan fingerprint density at radius 3 is 1.97 bits per heavy atom. The van der Waals surface area contributed by atoms with Gasteiger partial charge in [-0.3, -0.25) is 4.79 Å². The molecule has 2 aromatic carbocycles. The fraction of sp³-hybridized carbons (Fsp3) is 0.400. The second kappa shape index (κ2) is 12.7. The number of benzene rings is 2. The van der Waals surface area contributed by atoms with E-state index in [1.54, 1.807) is 16.2 Å². The van der Waals surface area contributed by atoms with Gasteiger partial charge in [-0.2, -0.15) is 0 Å². The van der Waals surface area contributed by atoms with E-state index in [0.717, 1.165) is 27.3 Å². The van der Waals surface area contributed by atoms with Gasteiger partial charge in [0.05, 0.1) is 6.54 Å². The molecule has 192 valence electrons. The monoisotopic (exact) mass is 505 g/mol. The number of amides is 3. The third-order valence-corrected chi connectivity index (χ3v) is 7.15. The molecule has 0 saturated carbocycles. The van der Waals surface area contributed by atoms with Crippen LogP contribution in [0.3, 0.4) is 0 Å². The van der Waals surface area contributed by atoms with Gasteiger partial charge in [0.2, 0.25) is 5.91 Å². The van der Waals surface area contributed by atoms with E-state index in [2.05, 4.69) is 51.2 Å². The van der Waals surface area contributed by atoms with Crippen molar-refractivity contribution < 1.29 is 9.59 Å². The molecule has 1 heterocycles. The predicted molar refractivity (Wildman–Crippen MR) is 150 cm³/mol. The Morgan fingerprint density at radius 1 is 0.806 bits per heavy atom. The topological polar surface area (TPSA) is 52.7 Å². The lowest BCUT2D eigenvalue weighted by molar-refractivity contribution is -0.133. The van der Waals surface area contributed by atoms with Gasteiger partial charge in [0.25, 0.3) is 0 Å². The predicted octanol–water partition coefficient (Wildman–Crippen LogP) is 7.47. The lowest BCUT2D eigenvalue weighted by Gasteiger charge is -2.31. The van der Waals surface area contributed by atoms with Gasteiger partial charge in [-0.15, -0.1) is 11.3 Å². The summed E-state index contributed by atoms with van der Waals surface area (Å²) in [6, 6.07) is 19.8. The lowest BCUT2D eigenvalue weighted by Crippen LogP contribution is -2.47. The highest BCUT2D eigenvalue weighted by molar-refractivity contribution is 7.09. The second-order valence-electron chi connectivity index (χ2n) is 10.1. The molecule has 0 aliphatic heterocycles. The summed E-state index contributed by atoms with van der Waals surface area (Å²) in [4.78, 5) is 31.8. The Labute approximate surface area is 220 Å². The van der Waals surface area contributed by atoms with Crippen molar-refractivity contribution in [3.8, 4) is 0 Å².